The molecular formula is C8H5BrN2O. The van der Waals surface area contributed by atoms with Crippen LogP contribution in [-0.4, -0.2) is 9.97 Å². The summed E-state index contributed by atoms with van der Waals surface area (Å²) in [6.07, 6.45) is 4.84. The molecule has 0 aliphatic rings. The lowest BCUT2D eigenvalue weighted by molar-refractivity contribution is 0.571. The number of oxazole rings is 1. The van der Waals surface area contributed by atoms with Crippen molar-refractivity contribution in [3.05, 3.63) is 35.5 Å². The molecule has 4 heteroatoms. The van der Waals surface area contributed by atoms with Crippen molar-refractivity contribution < 1.29 is 4.42 Å². The van der Waals surface area contributed by atoms with Crippen molar-refractivity contribution in [1.29, 1.82) is 0 Å². The number of aromatic nitrogens is 2. The Balaban J connectivity index is 2.51. The van der Waals surface area contributed by atoms with E-state index in [4.69, 9.17) is 4.42 Å². The Morgan fingerprint density at radius 3 is 2.92 bits per heavy atom. The van der Waals surface area contributed by atoms with E-state index < -0.39 is 0 Å². The summed E-state index contributed by atoms with van der Waals surface area (Å²) >= 11 is 3.27. The van der Waals surface area contributed by atoms with Crippen LogP contribution >= 0.6 is 15.9 Å². The third-order valence-corrected chi connectivity index (χ3v) is 2.01. The molecule has 0 spiro atoms. The van der Waals surface area contributed by atoms with Gasteiger partial charge < -0.3 is 4.42 Å². The third kappa shape index (κ3) is 1.25. The minimum Gasteiger partial charge on any atom is -0.442 e. The first-order chi connectivity index (χ1) is 5.88. The molecule has 0 aliphatic heterocycles. The van der Waals surface area contributed by atoms with Gasteiger partial charge in [-0.15, -0.1) is 0 Å². The summed E-state index contributed by atoms with van der Waals surface area (Å²) in [5, 5.41) is 0. The van der Waals surface area contributed by atoms with Crippen LogP contribution in [0.4, 0.5) is 0 Å². The molecule has 0 aliphatic carbocycles. The van der Waals surface area contributed by atoms with E-state index in [1.165, 1.54) is 6.39 Å². The van der Waals surface area contributed by atoms with Crippen molar-refractivity contribution in [1.82, 2.24) is 9.97 Å². The Kier molecular flexibility index (Phi) is 1.91. The molecule has 0 radical (unpaired) electrons. The fourth-order valence-corrected chi connectivity index (χ4v) is 1.32. The van der Waals surface area contributed by atoms with Crippen LogP contribution in [0.1, 0.15) is 0 Å². The highest BCUT2D eigenvalue weighted by atomic mass is 79.9. The lowest BCUT2D eigenvalue weighted by Crippen LogP contribution is -1.76. The summed E-state index contributed by atoms with van der Waals surface area (Å²) in [6.45, 7) is 0. The Labute approximate surface area is 77.6 Å². The maximum absolute atomic E-state index is 5.15. The molecule has 0 saturated heterocycles. The molecule has 0 amide bonds. The van der Waals surface area contributed by atoms with Gasteiger partial charge in [0.05, 0.1) is 0 Å². The molecule has 2 aromatic heterocycles. The van der Waals surface area contributed by atoms with Gasteiger partial charge in [-0.2, -0.15) is 0 Å². The molecule has 0 atom stereocenters. The van der Waals surface area contributed by atoms with Gasteiger partial charge in [-0.05, 0) is 28.1 Å². The minimum absolute atomic E-state index is 0.704. The largest absolute Gasteiger partial charge is 0.442 e. The summed E-state index contributed by atoms with van der Waals surface area (Å²) in [4.78, 5) is 7.89. The van der Waals surface area contributed by atoms with E-state index in [9.17, 15) is 0 Å². The molecule has 3 nitrogen and oxygen atoms in total. The number of hydrogen-bond acceptors (Lipinski definition) is 3. The van der Waals surface area contributed by atoms with Crippen LogP contribution in [0.15, 0.2) is 39.9 Å². The predicted molar refractivity (Wildman–Crippen MR) is 47.4 cm³/mol. The zero-order valence-corrected chi connectivity index (χ0v) is 7.65. The molecule has 0 N–H and O–H groups in total. The second-order valence-corrected chi connectivity index (χ2v) is 2.97. The zero-order chi connectivity index (χ0) is 8.39. The Hall–Kier alpha value is -1.16. The van der Waals surface area contributed by atoms with Crippen molar-refractivity contribution in [2.75, 3.05) is 0 Å². The Bertz CT molecular complexity index is 372. The third-order valence-electron chi connectivity index (χ3n) is 1.45. The van der Waals surface area contributed by atoms with E-state index in [1.807, 2.05) is 12.1 Å². The SMILES string of the molecule is Brc1ncoc1-c1cccnc1. The molecule has 0 aromatic carbocycles. The van der Waals surface area contributed by atoms with Gasteiger partial charge in [0.2, 0.25) is 0 Å². The number of rotatable bonds is 1. The summed E-state index contributed by atoms with van der Waals surface area (Å²) in [7, 11) is 0. The normalized spacial score (nSPS) is 10.1. The summed E-state index contributed by atoms with van der Waals surface area (Å²) in [5.41, 5.74) is 0.918. The van der Waals surface area contributed by atoms with Crippen LogP contribution in [0.25, 0.3) is 11.3 Å². The molecule has 2 aromatic rings. The number of halogens is 1. The maximum atomic E-state index is 5.15. The topological polar surface area (TPSA) is 38.9 Å². The molecule has 0 fully saturated rings. The minimum atomic E-state index is 0.704. The number of hydrogen-bond donors (Lipinski definition) is 0. The van der Waals surface area contributed by atoms with Gasteiger partial charge in [-0.25, -0.2) is 4.98 Å². The van der Waals surface area contributed by atoms with Crippen molar-refractivity contribution in [3.63, 3.8) is 0 Å². The smallest absolute Gasteiger partial charge is 0.182 e. The van der Waals surface area contributed by atoms with Crippen LogP contribution in [0.5, 0.6) is 0 Å². The first-order valence-electron chi connectivity index (χ1n) is 3.37. The second-order valence-electron chi connectivity index (χ2n) is 2.21. The second kappa shape index (κ2) is 3.06. The van der Waals surface area contributed by atoms with Gasteiger partial charge in [-0.3, -0.25) is 4.98 Å². The molecule has 0 bridgehead atoms. The van der Waals surface area contributed by atoms with Gasteiger partial charge in [-0.1, -0.05) is 0 Å². The lowest BCUT2D eigenvalue weighted by Gasteiger charge is -1.93. The highest BCUT2D eigenvalue weighted by Gasteiger charge is 2.06. The zero-order valence-electron chi connectivity index (χ0n) is 6.07. The van der Waals surface area contributed by atoms with Gasteiger partial charge in [0.25, 0.3) is 0 Å². The molecule has 0 unspecified atom stereocenters. The van der Waals surface area contributed by atoms with Gasteiger partial charge in [0, 0.05) is 18.0 Å². The van der Waals surface area contributed by atoms with Gasteiger partial charge in [0.15, 0.2) is 16.8 Å². The lowest BCUT2D eigenvalue weighted by atomic mass is 10.2. The Morgan fingerprint density at radius 1 is 1.42 bits per heavy atom. The quantitative estimate of drug-likeness (QED) is 0.748. The first-order valence-corrected chi connectivity index (χ1v) is 4.16. The monoisotopic (exact) mass is 224 g/mol. The van der Waals surface area contributed by atoms with Crippen LogP contribution in [-0.2, 0) is 0 Å². The highest BCUT2D eigenvalue weighted by molar-refractivity contribution is 9.10. The molecular weight excluding hydrogens is 220 g/mol. The van der Waals surface area contributed by atoms with Crippen LogP contribution < -0.4 is 0 Å². The average Bonchev–Trinajstić information content (AvgIpc) is 2.53. The first kappa shape index (κ1) is 7.49. The number of pyridine rings is 1. The molecule has 2 heterocycles. The Morgan fingerprint density at radius 2 is 2.33 bits per heavy atom. The molecule has 60 valence electrons. The fraction of sp³-hybridized carbons (Fsp3) is 0. The fourth-order valence-electron chi connectivity index (χ4n) is 0.917. The average molecular weight is 225 g/mol. The van der Waals surface area contributed by atoms with E-state index in [-0.39, 0.29) is 0 Å². The maximum Gasteiger partial charge on any atom is 0.182 e. The van der Waals surface area contributed by atoms with E-state index in [0.717, 1.165) is 5.56 Å². The van der Waals surface area contributed by atoms with Crippen molar-refractivity contribution in [2.24, 2.45) is 0 Å². The van der Waals surface area contributed by atoms with Crippen molar-refractivity contribution in [3.8, 4) is 11.3 Å². The van der Waals surface area contributed by atoms with Gasteiger partial charge >= 0.3 is 0 Å². The van der Waals surface area contributed by atoms with Crippen molar-refractivity contribution >= 4 is 15.9 Å². The van der Waals surface area contributed by atoms with Crippen LogP contribution in [0, 0.1) is 0 Å². The standard InChI is InChI=1S/C8H5BrN2O/c9-8-7(12-5-11-8)6-2-1-3-10-4-6/h1-5H. The van der Waals surface area contributed by atoms with E-state index in [1.54, 1.807) is 12.4 Å². The van der Waals surface area contributed by atoms with E-state index in [0.29, 0.717) is 10.4 Å². The summed E-state index contributed by atoms with van der Waals surface area (Å²) in [5.74, 6) is 0.711. The van der Waals surface area contributed by atoms with E-state index in [2.05, 4.69) is 25.9 Å². The molecule has 0 saturated carbocycles. The summed E-state index contributed by atoms with van der Waals surface area (Å²) < 4.78 is 5.86. The molecule has 12 heavy (non-hydrogen) atoms. The summed E-state index contributed by atoms with van der Waals surface area (Å²) in [6, 6.07) is 3.77. The number of nitrogens with zero attached hydrogens (tertiary/aromatic N) is 2. The van der Waals surface area contributed by atoms with Crippen LogP contribution in [0.2, 0.25) is 0 Å². The van der Waals surface area contributed by atoms with Crippen LogP contribution in [0.3, 0.4) is 0 Å². The van der Waals surface area contributed by atoms with Crippen molar-refractivity contribution in [2.45, 2.75) is 0 Å². The molecule has 2 rings (SSSR count). The highest BCUT2D eigenvalue weighted by Crippen LogP contribution is 2.25. The predicted octanol–water partition coefficient (Wildman–Crippen LogP) is 2.50. The van der Waals surface area contributed by atoms with E-state index >= 15 is 0 Å². The van der Waals surface area contributed by atoms with Gasteiger partial charge in [0.1, 0.15) is 0 Å².